The Balaban J connectivity index is 1.95. The Labute approximate surface area is 97.7 Å². The maximum Gasteiger partial charge on any atom is 0.0512 e. The van der Waals surface area contributed by atoms with E-state index in [4.69, 9.17) is 0 Å². The highest BCUT2D eigenvalue weighted by Gasteiger charge is 2.19. The Hall–Kier alpha value is -0.860. The Morgan fingerprint density at radius 3 is 2.69 bits per heavy atom. The fraction of sp³-hybridized carbons (Fsp3) is 0.571. The molecule has 16 heavy (non-hydrogen) atoms. The second kappa shape index (κ2) is 5.46. The van der Waals surface area contributed by atoms with Crippen LogP contribution in [0.4, 0.5) is 0 Å². The van der Waals surface area contributed by atoms with Gasteiger partial charge in [-0.05, 0) is 30.9 Å². The van der Waals surface area contributed by atoms with Crippen LogP contribution < -0.4 is 5.32 Å². The third-order valence-electron chi connectivity index (χ3n) is 3.61. The Morgan fingerprint density at radius 2 is 2.12 bits per heavy atom. The van der Waals surface area contributed by atoms with E-state index >= 15 is 0 Å². The first-order valence-corrected chi connectivity index (χ1v) is 6.21. The van der Waals surface area contributed by atoms with Crippen LogP contribution in [0.3, 0.4) is 0 Å². The van der Waals surface area contributed by atoms with Gasteiger partial charge in [0.1, 0.15) is 0 Å². The van der Waals surface area contributed by atoms with Crippen LogP contribution in [0.1, 0.15) is 36.3 Å². The second-order valence-electron chi connectivity index (χ2n) is 4.77. The van der Waals surface area contributed by atoms with Crippen LogP contribution in [0.2, 0.25) is 0 Å². The molecule has 1 aliphatic rings. The zero-order valence-electron chi connectivity index (χ0n) is 9.95. The van der Waals surface area contributed by atoms with Gasteiger partial charge in [0.2, 0.25) is 0 Å². The molecule has 1 fully saturated rings. The van der Waals surface area contributed by atoms with E-state index in [1.165, 1.54) is 30.4 Å². The van der Waals surface area contributed by atoms with Gasteiger partial charge in [-0.3, -0.25) is 0 Å². The first kappa shape index (κ1) is 11.6. The number of nitrogens with one attached hydrogen (secondary N) is 1. The van der Waals surface area contributed by atoms with Gasteiger partial charge >= 0.3 is 0 Å². The van der Waals surface area contributed by atoms with Crippen LogP contribution in [0.5, 0.6) is 0 Å². The molecule has 0 saturated heterocycles. The minimum atomic E-state index is 0.227. The normalized spacial score (nSPS) is 18.1. The molecule has 1 unspecified atom stereocenters. The number of rotatable bonds is 5. The van der Waals surface area contributed by atoms with Gasteiger partial charge in [0.05, 0.1) is 6.61 Å². The highest BCUT2D eigenvalue weighted by Crippen LogP contribution is 2.22. The summed E-state index contributed by atoms with van der Waals surface area (Å²) in [6.07, 6.45) is 3.95. The summed E-state index contributed by atoms with van der Waals surface area (Å²) in [6.45, 7) is 3.23. The van der Waals surface area contributed by atoms with Gasteiger partial charge in [0, 0.05) is 18.5 Å². The standard InChI is InChI=1S/C14H21NO/c1-11-5-2-3-8-14(11)12(10-16)9-15-13-6-4-7-13/h2-3,5,8,12-13,15-16H,4,6-7,9-10H2,1H3. The van der Waals surface area contributed by atoms with E-state index in [-0.39, 0.29) is 12.5 Å². The second-order valence-corrected chi connectivity index (χ2v) is 4.77. The lowest BCUT2D eigenvalue weighted by atomic mass is 9.91. The van der Waals surface area contributed by atoms with Crippen LogP contribution in [-0.2, 0) is 0 Å². The molecule has 0 amide bonds. The minimum Gasteiger partial charge on any atom is -0.396 e. The predicted octanol–water partition coefficient (Wildman–Crippen LogP) is 2.21. The first-order chi connectivity index (χ1) is 7.81. The summed E-state index contributed by atoms with van der Waals surface area (Å²) < 4.78 is 0. The monoisotopic (exact) mass is 219 g/mol. The molecule has 0 heterocycles. The van der Waals surface area contributed by atoms with E-state index in [9.17, 15) is 5.11 Å². The van der Waals surface area contributed by atoms with Gasteiger partial charge in [-0.15, -0.1) is 0 Å². The van der Waals surface area contributed by atoms with E-state index < -0.39 is 0 Å². The van der Waals surface area contributed by atoms with Crippen molar-refractivity contribution in [3.63, 3.8) is 0 Å². The van der Waals surface area contributed by atoms with E-state index in [1.54, 1.807) is 0 Å². The van der Waals surface area contributed by atoms with Crippen molar-refractivity contribution in [2.24, 2.45) is 0 Å². The lowest BCUT2D eigenvalue weighted by Gasteiger charge is -2.29. The molecule has 1 aromatic carbocycles. The molecular weight excluding hydrogens is 198 g/mol. The molecule has 0 radical (unpaired) electrons. The van der Waals surface area contributed by atoms with Crippen molar-refractivity contribution >= 4 is 0 Å². The fourth-order valence-electron chi connectivity index (χ4n) is 2.24. The number of benzene rings is 1. The molecule has 1 aromatic rings. The smallest absolute Gasteiger partial charge is 0.0512 e. The number of aryl methyl sites for hydroxylation is 1. The van der Waals surface area contributed by atoms with Crippen molar-refractivity contribution in [2.45, 2.75) is 38.1 Å². The van der Waals surface area contributed by atoms with Crippen molar-refractivity contribution in [3.8, 4) is 0 Å². The summed E-state index contributed by atoms with van der Waals surface area (Å²) >= 11 is 0. The number of aliphatic hydroxyl groups is 1. The van der Waals surface area contributed by atoms with E-state index in [2.05, 4.69) is 24.4 Å². The molecule has 0 spiro atoms. The van der Waals surface area contributed by atoms with E-state index in [1.807, 2.05) is 12.1 Å². The van der Waals surface area contributed by atoms with Gasteiger partial charge in [-0.25, -0.2) is 0 Å². The van der Waals surface area contributed by atoms with Crippen molar-refractivity contribution in [1.29, 1.82) is 0 Å². The van der Waals surface area contributed by atoms with Crippen molar-refractivity contribution in [1.82, 2.24) is 5.32 Å². The molecule has 2 rings (SSSR count). The van der Waals surface area contributed by atoms with Gasteiger partial charge < -0.3 is 10.4 Å². The summed E-state index contributed by atoms with van der Waals surface area (Å²) in [5, 5.41) is 13.0. The minimum absolute atomic E-state index is 0.227. The molecule has 0 aromatic heterocycles. The van der Waals surface area contributed by atoms with Crippen LogP contribution in [0, 0.1) is 6.92 Å². The van der Waals surface area contributed by atoms with Gasteiger partial charge in [0.15, 0.2) is 0 Å². The SMILES string of the molecule is Cc1ccccc1C(CO)CNC1CCC1. The molecule has 0 bridgehead atoms. The third-order valence-corrected chi connectivity index (χ3v) is 3.61. The molecule has 1 aliphatic carbocycles. The molecule has 88 valence electrons. The average Bonchev–Trinajstić information content (AvgIpc) is 2.23. The number of hydrogen-bond donors (Lipinski definition) is 2. The third kappa shape index (κ3) is 2.63. The topological polar surface area (TPSA) is 32.3 Å². The van der Waals surface area contributed by atoms with Crippen molar-refractivity contribution in [2.75, 3.05) is 13.2 Å². The predicted molar refractivity (Wildman–Crippen MR) is 66.6 cm³/mol. The van der Waals surface area contributed by atoms with Crippen LogP contribution in [0.15, 0.2) is 24.3 Å². The van der Waals surface area contributed by atoms with Gasteiger partial charge in [-0.1, -0.05) is 30.7 Å². The molecule has 2 heteroatoms. The maximum absolute atomic E-state index is 9.47. The Kier molecular flexibility index (Phi) is 3.97. The maximum atomic E-state index is 9.47. The van der Waals surface area contributed by atoms with Gasteiger partial charge in [-0.2, -0.15) is 0 Å². The van der Waals surface area contributed by atoms with E-state index in [0.717, 1.165) is 6.54 Å². The zero-order valence-corrected chi connectivity index (χ0v) is 9.95. The lowest BCUT2D eigenvalue weighted by molar-refractivity contribution is 0.247. The van der Waals surface area contributed by atoms with E-state index in [0.29, 0.717) is 6.04 Å². The molecule has 2 N–H and O–H groups in total. The van der Waals surface area contributed by atoms with Crippen molar-refractivity contribution in [3.05, 3.63) is 35.4 Å². The van der Waals surface area contributed by atoms with Crippen LogP contribution in [0.25, 0.3) is 0 Å². The quantitative estimate of drug-likeness (QED) is 0.796. The average molecular weight is 219 g/mol. The largest absolute Gasteiger partial charge is 0.396 e. The Bertz CT molecular complexity index is 333. The van der Waals surface area contributed by atoms with Crippen LogP contribution >= 0.6 is 0 Å². The van der Waals surface area contributed by atoms with Crippen LogP contribution in [-0.4, -0.2) is 24.3 Å². The lowest BCUT2D eigenvalue weighted by Crippen LogP contribution is -2.38. The fourth-order valence-corrected chi connectivity index (χ4v) is 2.24. The zero-order chi connectivity index (χ0) is 11.4. The summed E-state index contributed by atoms with van der Waals surface area (Å²) in [5.74, 6) is 0.238. The summed E-state index contributed by atoms with van der Waals surface area (Å²) in [4.78, 5) is 0. The van der Waals surface area contributed by atoms with Crippen molar-refractivity contribution < 1.29 is 5.11 Å². The molecule has 1 saturated carbocycles. The number of hydrogen-bond acceptors (Lipinski definition) is 2. The van der Waals surface area contributed by atoms with Gasteiger partial charge in [0.25, 0.3) is 0 Å². The highest BCUT2D eigenvalue weighted by molar-refractivity contribution is 5.29. The number of aliphatic hydroxyl groups excluding tert-OH is 1. The summed E-state index contributed by atoms with van der Waals surface area (Å²) in [7, 11) is 0. The molecule has 2 nitrogen and oxygen atoms in total. The Morgan fingerprint density at radius 1 is 1.38 bits per heavy atom. The summed E-state index contributed by atoms with van der Waals surface area (Å²) in [5.41, 5.74) is 2.55. The molecular formula is C14H21NO. The molecule has 0 aliphatic heterocycles. The summed E-state index contributed by atoms with van der Waals surface area (Å²) in [6, 6.07) is 9.03. The first-order valence-electron chi connectivity index (χ1n) is 6.21. The molecule has 1 atom stereocenters. The highest BCUT2D eigenvalue weighted by atomic mass is 16.3.